The number of nitrogens with zero attached hydrogens (tertiary/aromatic N) is 1. The van der Waals surface area contributed by atoms with Gasteiger partial charge in [0, 0.05) is 36.8 Å². The maximum atomic E-state index is 12.7. The zero-order valence-corrected chi connectivity index (χ0v) is 17.0. The first-order valence-corrected chi connectivity index (χ1v) is 9.89. The monoisotopic (exact) mass is 404 g/mol. The molecule has 1 saturated heterocycles. The van der Waals surface area contributed by atoms with Crippen molar-refractivity contribution in [1.82, 2.24) is 4.90 Å². The van der Waals surface area contributed by atoms with E-state index in [-0.39, 0.29) is 17.7 Å². The molecule has 7 nitrogen and oxygen atoms in total. The highest BCUT2D eigenvalue weighted by Crippen LogP contribution is 2.40. The van der Waals surface area contributed by atoms with Crippen molar-refractivity contribution in [2.75, 3.05) is 39.7 Å². The molecule has 1 aliphatic rings. The average Bonchev–Trinajstić information content (AvgIpc) is 3.27. The van der Waals surface area contributed by atoms with Gasteiger partial charge < -0.3 is 24.4 Å². The van der Waals surface area contributed by atoms with E-state index in [0.29, 0.717) is 48.9 Å². The Hall–Kier alpha value is -2.74. The van der Waals surface area contributed by atoms with Crippen LogP contribution < -0.4 is 19.5 Å². The Morgan fingerprint density at radius 3 is 2.21 bits per heavy atom. The lowest BCUT2D eigenvalue weighted by atomic mass is 9.95. The van der Waals surface area contributed by atoms with Gasteiger partial charge in [0.2, 0.25) is 11.7 Å². The molecular formula is C20H24N2O5S. The van der Waals surface area contributed by atoms with Gasteiger partial charge in [-0.25, -0.2) is 0 Å². The number of nitrogens with one attached hydrogen (secondary N) is 1. The van der Waals surface area contributed by atoms with Crippen LogP contribution >= 0.6 is 11.3 Å². The van der Waals surface area contributed by atoms with Crippen LogP contribution in [-0.4, -0.2) is 51.1 Å². The van der Waals surface area contributed by atoms with Gasteiger partial charge in [-0.1, -0.05) is 6.07 Å². The smallest absolute Gasteiger partial charge is 0.263 e. The Labute approximate surface area is 168 Å². The fraction of sp³-hybridized carbons (Fsp3) is 0.400. The quantitative estimate of drug-likeness (QED) is 0.800. The van der Waals surface area contributed by atoms with E-state index in [1.807, 2.05) is 22.4 Å². The third-order valence-electron chi connectivity index (χ3n) is 4.82. The van der Waals surface area contributed by atoms with Gasteiger partial charge >= 0.3 is 0 Å². The van der Waals surface area contributed by atoms with E-state index in [0.717, 1.165) is 4.88 Å². The first-order chi connectivity index (χ1) is 13.6. The Kier molecular flexibility index (Phi) is 6.41. The minimum absolute atomic E-state index is 0.0403. The number of carbonyl (C=O) groups excluding carboxylic acids is 2. The van der Waals surface area contributed by atoms with E-state index < -0.39 is 0 Å². The van der Waals surface area contributed by atoms with Crippen LogP contribution in [0.3, 0.4) is 0 Å². The van der Waals surface area contributed by atoms with Crippen molar-refractivity contribution in [1.29, 1.82) is 0 Å². The summed E-state index contributed by atoms with van der Waals surface area (Å²) in [6.07, 6.45) is 1.26. The van der Waals surface area contributed by atoms with Crippen LogP contribution in [0.4, 0.5) is 5.69 Å². The molecule has 1 aromatic carbocycles. The summed E-state index contributed by atoms with van der Waals surface area (Å²) in [5.74, 6) is 1.26. The van der Waals surface area contributed by atoms with Crippen molar-refractivity contribution >= 4 is 28.8 Å². The molecule has 8 heteroatoms. The second-order valence-electron chi connectivity index (χ2n) is 6.45. The van der Waals surface area contributed by atoms with Crippen molar-refractivity contribution in [3.63, 3.8) is 0 Å². The Morgan fingerprint density at radius 1 is 1.07 bits per heavy atom. The molecule has 150 valence electrons. The molecule has 1 aliphatic heterocycles. The van der Waals surface area contributed by atoms with E-state index in [1.165, 1.54) is 32.7 Å². The van der Waals surface area contributed by atoms with Crippen LogP contribution in [0.2, 0.25) is 0 Å². The second-order valence-corrected chi connectivity index (χ2v) is 7.39. The summed E-state index contributed by atoms with van der Waals surface area (Å²) in [6, 6.07) is 7.11. The molecular weight excluding hydrogens is 380 g/mol. The van der Waals surface area contributed by atoms with E-state index in [2.05, 4.69) is 5.32 Å². The lowest BCUT2D eigenvalue weighted by Gasteiger charge is -2.31. The summed E-state index contributed by atoms with van der Waals surface area (Å²) in [5, 5.41) is 4.82. The molecule has 0 bridgehead atoms. The molecule has 2 heterocycles. The number of likely N-dealkylation sites (tertiary alicyclic amines) is 1. The predicted octanol–water partition coefficient (Wildman–Crippen LogP) is 3.26. The summed E-state index contributed by atoms with van der Waals surface area (Å²) >= 11 is 1.44. The van der Waals surface area contributed by atoms with Gasteiger partial charge in [0.1, 0.15) is 0 Å². The lowest BCUT2D eigenvalue weighted by Crippen LogP contribution is -2.41. The SMILES string of the molecule is COc1cc(NC(=O)C2CCN(C(=O)c3cccs3)CC2)cc(OC)c1OC. The normalized spacial score (nSPS) is 14.5. The minimum atomic E-state index is -0.147. The number of amides is 2. The standard InChI is InChI=1S/C20H24N2O5S/c1-25-15-11-14(12-16(26-2)18(15)27-3)21-19(23)13-6-8-22(9-7-13)20(24)17-5-4-10-28-17/h4-5,10-13H,6-9H2,1-3H3,(H,21,23). The molecule has 1 fully saturated rings. The minimum Gasteiger partial charge on any atom is -0.493 e. The molecule has 0 radical (unpaired) electrons. The van der Waals surface area contributed by atoms with Crippen LogP contribution in [0.25, 0.3) is 0 Å². The maximum absolute atomic E-state index is 12.7. The molecule has 2 amide bonds. The summed E-state index contributed by atoms with van der Waals surface area (Å²) in [7, 11) is 4.59. The molecule has 0 unspecified atom stereocenters. The average molecular weight is 404 g/mol. The van der Waals surface area contributed by atoms with Crippen LogP contribution in [-0.2, 0) is 4.79 Å². The number of hydrogen-bond acceptors (Lipinski definition) is 6. The van der Waals surface area contributed by atoms with Gasteiger partial charge in [-0.3, -0.25) is 9.59 Å². The maximum Gasteiger partial charge on any atom is 0.263 e. The van der Waals surface area contributed by atoms with Crippen LogP contribution in [0.1, 0.15) is 22.5 Å². The van der Waals surface area contributed by atoms with E-state index >= 15 is 0 Å². The number of carbonyl (C=O) groups is 2. The molecule has 28 heavy (non-hydrogen) atoms. The third kappa shape index (κ3) is 4.22. The first kappa shape index (κ1) is 20.0. The van der Waals surface area contributed by atoms with Crippen molar-refractivity contribution in [2.24, 2.45) is 5.92 Å². The zero-order chi connectivity index (χ0) is 20.1. The number of anilines is 1. The van der Waals surface area contributed by atoms with E-state index in [4.69, 9.17) is 14.2 Å². The molecule has 3 rings (SSSR count). The van der Waals surface area contributed by atoms with Crippen LogP contribution in [0.5, 0.6) is 17.2 Å². The third-order valence-corrected chi connectivity index (χ3v) is 5.68. The summed E-state index contributed by atoms with van der Waals surface area (Å²) in [4.78, 5) is 27.7. The Morgan fingerprint density at radius 2 is 1.71 bits per heavy atom. The summed E-state index contributed by atoms with van der Waals surface area (Å²) in [5.41, 5.74) is 0.580. The number of piperidine rings is 1. The Bertz CT molecular complexity index is 804. The highest BCUT2D eigenvalue weighted by molar-refractivity contribution is 7.12. The number of methoxy groups -OCH3 is 3. The molecule has 0 atom stereocenters. The van der Waals surface area contributed by atoms with Crippen molar-refractivity contribution < 1.29 is 23.8 Å². The molecule has 0 aliphatic carbocycles. The highest BCUT2D eigenvalue weighted by atomic mass is 32.1. The molecule has 2 aromatic rings. The van der Waals surface area contributed by atoms with Gasteiger partial charge in [0.15, 0.2) is 11.5 Å². The molecule has 1 aromatic heterocycles. The van der Waals surface area contributed by atoms with Gasteiger partial charge in [0.05, 0.1) is 26.2 Å². The van der Waals surface area contributed by atoms with Gasteiger partial charge in [-0.05, 0) is 24.3 Å². The number of thiophene rings is 1. The van der Waals surface area contributed by atoms with Gasteiger partial charge in [-0.15, -0.1) is 11.3 Å². The predicted molar refractivity (Wildman–Crippen MR) is 108 cm³/mol. The van der Waals surface area contributed by atoms with Crippen LogP contribution in [0, 0.1) is 5.92 Å². The topological polar surface area (TPSA) is 77.1 Å². The summed E-state index contributed by atoms with van der Waals surface area (Å²) < 4.78 is 15.9. The molecule has 1 N–H and O–H groups in total. The summed E-state index contributed by atoms with van der Waals surface area (Å²) in [6.45, 7) is 1.15. The zero-order valence-electron chi connectivity index (χ0n) is 16.2. The van der Waals surface area contributed by atoms with Gasteiger partial charge in [-0.2, -0.15) is 0 Å². The number of rotatable bonds is 6. The number of hydrogen-bond donors (Lipinski definition) is 1. The van der Waals surface area contributed by atoms with Gasteiger partial charge in [0.25, 0.3) is 5.91 Å². The second kappa shape index (κ2) is 8.97. The van der Waals surface area contributed by atoms with Crippen LogP contribution in [0.15, 0.2) is 29.6 Å². The van der Waals surface area contributed by atoms with E-state index in [1.54, 1.807) is 12.1 Å². The molecule has 0 saturated carbocycles. The molecule has 0 spiro atoms. The van der Waals surface area contributed by atoms with Crippen molar-refractivity contribution in [3.05, 3.63) is 34.5 Å². The van der Waals surface area contributed by atoms with E-state index in [9.17, 15) is 9.59 Å². The lowest BCUT2D eigenvalue weighted by molar-refractivity contribution is -0.121. The highest BCUT2D eigenvalue weighted by Gasteiger charge is 2.28. The fourth-order valence-electron chi connectivity index (χ4n) is 3.30. The number of ether oxygens (including phenoxy) is 3. The van der Waals surface area contributed by atoms with Crippen molar-refractivity contribution in [3.8, 4) is 17.2 Å². The largest absolute Gasteiger partial charge is 0.493 e. The fourth-order valence-corrected chi connectivity index (χ4v) is 3.99. The Balaban J connectivity index is 1.62. The number of benzene rings is 1. The van der Waals surface area contributed by atoms with Crippen molar-refractivity contribution in [2.45, 2.75) is 12.8 Å². The first-order valence-electron chi connectivity index (χ1n) is 9.01.